The van der Waals surface area contributed by atoms with E-state index in [0.717, 1.165) is 11.3 Å². The van der Waals surface area contributed by atoms with Gasteiger partial charge in [-0.15, -0.1) is 10.2 Å². The van der Waals surface area contributed by atoms with Crippen LogP contribution in [0, 0.1) is 6.92 Å². The lowest BCUT2D eigenvalue weighted by Gasteiger charge is -2.07. The molecule has 3 aromatic rings. The fourth-order valence-electron chi connectivity index (χ4n) is 2.66. The van der Waals surface area contributed by atoms with E-state index in [4.69, 9.17) is 11.6 Å². The summed E-state index contributed by atoms with van der Waals surface area (Å²) in [5.74, 6) is 0.624. The van der Waals surface area contributed by atoms with Crippen LogP contribution in [-0.2, 0) is 23.1 Å². The van der Waals surface area contributed by atoms with Crippen LogP contribution >= 0.6 is 23.4 Å². The lowest BCUT2D eigenvalue weighted by Crippen LogP contribution is -2.15. The van der Waals surface area contributed by atoms with Crippen molar-refractivity contribution in [3.63, 3.8) is 0 Å². The number of amides is 2. The highest BCUT2D eigenvalue weighted by Gasteiger charge is 2.13. The molecule has 2 aromatic carbocycles. The van der Waals surface area contributed by atoms with E-state index in [1.807, 2.05) is 56.4 Å². The van der Waals surface area contributed by atoms with Crippen LogP contribution in [0.2, 0.25) is 5.02 Å². The molecule has 0 fully saturated rings. The van der Waals surface area contributed by atoms with Gasteiger partial charge in [0.1, 0.15) is 5.82 Å². The second kappa shape index (κ2) is 10.3. The first-order valence-electron chi connectivity index (χ1n) is 9.34. The van der Waals surface area contributed by atoms with Gasteiger partial charge >= 0.3 is 0 Å². The zero-order valence-electron chi connectivity index (χ0n) is 16.7. The minimum atomic E-state index is -0.160. The van der Waals surface area contributed by atoms with Crippen molar-refractivity contribution < 1.29 is 9.59 Å². The number of hydrogen-bond acceptors (Lipinski definition) is 5. The second-order valence-electron chi connectivity index (χ2n) is 6.67. The molecule has 0 bridgehead atoms. The summed E-state index contributed by atoms with van der Waals surface area (Å²) in [6.07, 6.45) is 0.747. The molecule has 0 saturated heterocycles. The molecule has 30 heavy (non-hydrogen) atoms. The number of carbonyl (C=O) groups excluding carboxylic acids is 2. The first-order valence-corrected chi connectivity index (χ1v) is 10.7. The van der Waals surface area contributed by atoms with Crippen molar-refractivity contribution in [1.82, 2.24) is 14.8 Å². The summed E-state index contributed by atoms with van der Waals surface area (Å²) in [7, 11) is 1.82. The molecule has 1 heterocycles. The zero-order chi connectivity index (χ0) is 21.5. The lowest BCUT2D eigenvalue weighted by molar-refractivity contribution is -0.116. The van der Waals surface area contributed by atoms with Crippen LogP contribution in [0.3, 0.4) is 0 Å². The van der Waals surface area contributed by atoms with Gasteiger partial charge in [-0.25, -0.2) is 0 Å². The number of aryl methyl sites for hydroxylation is 2. The highest BCUT2D eigenvalue weighted by molar-refractivity contribution is 7.99. The number of anilines is 2. The van der Waals surface area contributed by atoms with Crippen LogP contribution < -0.4 is 10.6 Å². The topological polar surface area (TPSA) is 88.9 Å². The third-order valence-electron chi connectivity index (χ3n) is 4.35. The summed E-state index contributed by atoms with van der Waals surface area (Å²) in [6, 6.07) is 14.7. The van der Waals surface area contributed by atoms with Crippen molar-refractivity contribution in [3.8, 4) is 0 Å². The predicted molar refractivity (Wildman–Crippen MR) is 120 cm³/mol. The van der Waals surface area contributed by atoms with E-state index in [-0.39, 0.29) is 17.6 Å². The van der Waals surface area contributed by atoms with E-state index in [9.17, 15) is 9.59 Å². The van der Waals surface area contributed by atoms with Gasteiger partial charge in [0.2, 0.25) is 11.8 Å². The molecule has 0 aliphatic rings. The zero-order valence-corrected chi connectivity index (χ0v) is 18.3. The molecular weight excluding hydrogens is 422 g/mol. The van der Waals surface area contributed by atoms with Gasteiger partial charge in [-0.3, -0.25) is 9.59 Å². The first kappa shape index (κ1) is 21.9. The van der Waals surface area contributed by atoms with Gasteiger partial charge in [0, 0.05) is 36.3 Å². The Morgan fingerprint density at radius 1 is 1.03 bits per heavy atom. The molecule has 0 atom stereocenters. The summed E-state index contributed by atoms with van der Waals surface area (Å²) >= 11 is 7.37. The molecular formula is C21H22ClN5O2S. The number of halogens is 1. The van der Waals surface area contributed by atoms with Crippen LogP contribution in [0.5, 0.6) is 0 Å². The highest BCUT2D eigenvalue weighted by Crippen LogP contribution is 2.21. The maximum absolute atomic E-state index is 12.2. The largest absolute Gasteiger partial charge is 0.326 e. The monoisotopic (exact) mass is 443 g/mol. The summed E-state index contributed by atoms with van der Waals surface area (Å²) in [5, 5.41) is 15.1. The fraction of sp³-hybridized carbons (Fsp3) is 0.238. The third-order valence-corrected chi connectivity index (χ3v) is 5.77. The number of thioether (sulfide) groups is 1. The molecule has 0 unspecified atom stereocenters. The van der Waals surface area contributed by atoms with E-state index < -0.39 is 0 Å². The average molecular weight is 444 g/mol. The van der Waals surface area contributed by atoms with E-state index in [0.29, 0.717) is 34.5 Å². The normalized spacial score (nSPS) is 10.6. The maximum Gasteiger partial charge on any atom is 0.234 e. The van der Waals surface area contributed by atoms with Crippen LogP contribution in [0.1, 0.15) is 17.8 Å². The number of rotatable bonds is 8. The van der Waals surface area contributed by atoms with Crippen molar-refractivity contribution in [2.24, 2.45) is 7.05 Å². The molecule has 9 heteroatoms. The Bertz CT molecular complexity index is 1040. The van der Waals surface area contributed by atoms with Crippen molar-refractivity contribution in [2.45, 2.75) is 24.9 Å². The quantitative estimate of drug-likeness (QED) is 0.512. The molecule has 3 rings (SSSR count). The Kier molecular flexibility index (Phi) is 7.48. The van der Waals surface area contributed by atoms with E-state index in [1.165, 1.54) is 11.8 Å². The Morgan fingerprint density at radius 2 is 1.77 bits per heavy atom. The molecule has 0 aliphatic carbocycles. The molecule has 0 aliphatic heterocycles. The van der Waals surface area contributed by atoms with Crippen LogP contribution in [0.25, 0.3) is 0 Å². The van der Waals surface area contributed by atoms with Crippen LogP contribution in [0.4, 0.5) is 11.4 Å². The summed E-state index contributed by atoms with van der Waals surface area (Å²) in [6.45, 7) is 1.90. The summed E-state index contributed by atoms with van der Waals surface area (Å²) in [4.78, 5) is 24.3. The number of carbonyl (C=O) groups is 2. The maximum atomic E-state index is 12.2. The number of benzene rings is 2. The fourth-order valence-corrected chi connectivity index (χ4v) is 3.57. The van der Waals surface area contributed by atoms with Gasteiger partial charge in [0.15, 0.2) is 5.16 Å². The predicted octanol–water partition coefficient (Wildman–Crippen LogP) is 4.08. The average Bonchev–Trinajstić information content (AvgIpc) is 3.08. The molecule has 0 spiro atoms. The number of nitrogens with zero attached hydrogens (tertiary/aromatic N) is 3. The highest BCUT2D eigenvalue weighted by atomic mass is 35.5. The number of para-hydroxylation sites is 1. The lowest BCUT2D eigenvalue weighted by atomic mass is 10.2. The van der Waals surface area contributed by atoms with Crippen molar-refractivity contribution in [1.29, 1.82) is 0 Å². The minimum Gasteiger partial charge on any atom is -0.326 e. The number of hydrogen-bond donors (Lipinski definition) is 2. The van der Waals surface area contributed by atoms with E-state index >= 15 is 0 Å². The first-order chi connectivity index (χ1) is 14.4. The van der Waals surface area contributed by atoms with Crippen molar-refractivity contribution >= 4 is 46.6 Å². The van der Waals surface area contributed by atoms with Gasteiger partial charge in [-0.05, 0) is 36.8 Å². The smallest absolute Gasteiger partial charge is 0.234 e. The Hall–Kier alpha value is -2.84. The molecule has 2 amide bonds. The van der Waals surface area contributed by atoms with E-state index in [2.05, 4.69) is 20.8 Å². The minimum absolute atomic E-state index is 0.0884. The Labute approximate surface area is 184 Å². The molecule has 156 valence electrons. The van der Waals surface area contributed by atoms with Crippen molar-refractivity contribution in [3.05, 3.63) is 64.9 Å². The van der Waals surface area contributed by atoms with E-state index in [1.54, 1.807) is 10.6 Å². The molecule has 1 aromatic heterocycles. The standard InChI is InChI=1S/C21H22ClN5O2S/c1-14-8-9-16(12-17(14)22)24-20(29)13-30-21-26-25-18(27(21)2)10-11-19(28)23-15-6-4-3-5-7-15/h3-9,12H,10-11,13H2,1-2H3,(H,23,28)(H,24,29). The van der Waals surface area contributed by atoms with Gasteiger partial charge in [-0.1, -0.05) is 47.6 Å². The van der Waals surface area contributed by atoms with Gasteiger partial charge < -0.3 is 15.2 Å². The molecule has 7 nitrogen and oxygen atoms in total. The number of aromatic nitrogens is 3. The third kappa shape index (κ3) is 6.08. The van der Waals surface area contributed by atoms with Crippen molar-refractivity contribution in [2.75, 3.05) is 16.4 Å². The molecule has 0 saturated carbocycles. The van der Waals surface area contributed by atoms with Gasteiger partial charge in [0.05, 0.1) is 5.75 Å². The Balaban J connectivity index is 1.48. The molecule has 0 radical (unpaired) electrons. The summed E-state index contributed by atoms with van der Waals surface area (Å²) < 4.78 is 1.80. The second-order valence-corrected chi connectivity index (χ2v) is 8.02. The molecule has 2 N–H and O–H groups in total. The van der Waals surface area contributed by atoms with Crippen LogP contribution in [0.15, 0.2) is 53.7 Å². The van der Waals surface area contributed by atoms with Gasteiger partial charge in [-0.2, -0.15) is 0 Å². The number of nitrogens with one attached hydrogen (secondary N) is 2. The SMILES string of the molecule is Cc1ccc(NC(=O)CSc2nnc(CCC(=O)Nc3ccccc3)n2C)cc1Cl. The Morgan fingerprint density at radius 3 is 2.50 bits per heavy atom. The van der Waals surface area contributed by atoms with Gasteiger partial charge in [0.25, 0.3) is 0 Å². The summed E-state index contributed by atoms with van der Waals surface area (Å²) in [5.41, 5.74) is 2.37. The van der Waals surface area contributed by atoms with Crippen LogP contribution in [-0.4, -0.2) is 32.3 Å².